The molecule has 0 aliphatic heterocycles. The van der Waals surface area contributed by atoms with Crippen LogP contribution >= 0.6 is 11.8 Å². The van der Waals surface area contributed by atoms with Gasteiger partial charge in [-0.2, -0.15) is 11.8 Å². The van der Waals surface area contributed by atoms with Crippen molar-refractivity contribution in [2.75, 3.05) is 5.75 Å². The van der Waals surface area contributed by atoms with Gasteiger partial charge in [0.05, 0.1) is 5.75 Å². The number of hydrogen-bond donors (Lipinski definition) is 0. The van der Waals surface area contributed by atoms with Gasteiger partial charge in [-0.05, 0) is 24.3 Å². The van der Waals surface area contributed by atoms with Gasteiger partial charge < -0.3 is 0 Å². The monoisotopic (exact) mass is 248 g/mol. The Morgan fingerprint density at radius 1 is 1.41 bits per heavy atom. The summed E-state index contributed by atoms with van der Waals surface area (Å²) < 4.78 is 0. The van der Waals surface area contributed by atoms with E-state index in [4.69, 9.17) is 0 Å². The van der Waals surface area contributed by atoms with E-state index in [0.717, 1.165) is 12.8 Å². The maximum absolute atomic E-state index is 12.0. The van der Waals surface area contributed by atoms with Crippen molar-refractivity contribution < 1.29 is 4.79 Å². The van der Waals surface area contributed by atoms with Crippen molar-refractivity contribution in [3.8, 4) is 0 Å². The fraction of sp³-hybridized carbons (Fsp3) is 0.533. The second-order valence-corrected chi connectivity index (χ2v) is 6.28. The molecule has 0 bridgehead atoms. The molecular formula is C15H20OS. The third-order valence-electron chi connectivity index (χ3n) is 3.52. The van der Waals surface area contributed by atoms with E-state index in [-0.39, 0.29) is 0 Å². The summed E-state index contributed by atoms with van der Waals surface area (Å²) in [6.07, 6.45) is 2.20. The topological polar surface area (TPSA) is 17.1 Å². The van der Waals surface area contributed by atoms with E-state index in [9.17, 15) is 4.79 Å². The molecule has 1 aliphatic rings. The van der Waals surface area contributed by atoms with Crippen molar-refractivity contribution in [1.82, 2.24) is 0 Å². The zero-order chi connectivity index (χ0) is 12.3. The Morgan fingerprint density at radius 3 is 2.76 bits per heavy atom. The highest BCUT2D eigenvalue weighted by molar-refractivity contribution is 8.00. The minimum absolute atomic E-state index is 0.300. The molecule has 3 unspecified atom stereocenters. The Balaban J connectivity index is 1.81. The highest BCUT2D eigenvalue weighted by Gasteiger charge is 2.43. The normalized spacial score (nSPS) is 24.4. The lowest BCUT2D eigenvalue weighted by atomic mass is 10.1. The van der Waals surface area contributed by atoms with Gasteiger partial charge in [-0.3, -0.25) is 4.79 Å². The summed E-state index contributed by atoms with van der Waals surface area (Å²) >= 11 is 1.80. The number of hydrogen-bond acceptors (Lipinski definition) is 2. The lowest BCUT2D eigenvalue weighted by Crippen LogP contribution is -2.08. The van der Waals surface area contributed by atoms with Gasteiger partial charge >= 0.3 is 0 Å². The number of rotatable bonds is 6. The first-order valence-electron chi connectivity index (χ1n) is 6.41. The molecule has 2 heteroatoms. The molecule has 0 radical (unpaired) electrons. The van der Waals surface area contributed by atoms with Crippen LogP contribution in [0.1, 0.15) is 38.2 Å². The maximum atomic E-state index is 12.0. The number of benzene rings is 1. The van der Waals surface area contributed by atoms with Crippen molar-refractivity contribution in [3.63, 3.8) is 0 Å². The maximum Gasteiger partial charge on any atom is 0.146 e. The van der Waals surface area contributed by atoms with Crippen molar-refractivity contribution >= 4 is 17.5 Å². The van der Waals surface area contributed by atoms with Crippen molar-refractivity contribution in [3.05, 3.63) is 35.9 Å². The molecule has 3 atom stereocenters. The number of thioether (sulfide) groups is 1. The molecule has 1 fully saturated rings. The molecule has 1 nitrogen and oxygen atoms in total. The fourth-order valence-corrected chi connectivity index (χ4v) is 2.97. The zero-order valence-electron chi connectivity index (χ0n) is 10.6. The SMILES string of the molecule is CCC(C)SCC(=O)C1CC1c1ccccc1. The van der Waals surface area contributed by atoms with Crippen molar-refractivity contribution in [1.29, 1.82) is 0 Å². The minimum atomic E-state index is 0.300. The van der Waals surface area contributed by atoms with Crippen molar-refractivity contribution in [2.45, 2.75) is 37.9 Å². The molecular weight excluding hydrogens is 228 g/mol. The molecule has 0 spiro atoms. The molecule has 1 saturated carbocycles. The fourth-order valence-electron chi connectivity index (χ4n) is 2.07. The largest absolute Gasteiger partial charge is 0.298 e. The Morgan fingerprint density at radius 2 is 2.12 bits per heavy atom. The van der Waals surface area contributed by atoms with Crippen LogP contribution in [0.5, 0.6) is 0 Å². The molecule has 17 heavy (non-hydrogen) atoms. The summed E-state index contributed by atoms with van der Waals surface area (Å²) in [4.78, 5) is 12.0. The molecule has 1 aromatic rings. The first kappa shape index (κ1) is 12.7. The van der Waals surface area contributed by atoms with Crippen LogP contribution in [0.3, 0.4) is 0 Å². The van der Waals surface area contributed by atoms with Crippen LogP contribution in [0.2, 0.25) is 0 Å². The molecule has 0 N–H and O–H groups in total. The van der Waals surface area contributed by atoms with Crippen LogP contribution in [0, 0.1) is 5.92 Å². The molecule has 0 saturated heterocycles. The second-order valence-electron chi connectivity index (χ2n) is 4.86. The Kier molecular flexibility index (Phi) is 4.27. The third kappa shape index (κ3) is 3.35. The highest BCUT2D eigenvalue weighted by atomic mass is 32.2. The van der Waals surface area contributed by atoms with Gasteiger partial charge in [-0.25, -0.2) is 0 Å². The number of carbonyl (C=O) groups excluding carboxylic acids is 1. The van der Waals surface area contributed by atoms with Gasteiger partial charge in [-0.15, -0.1) is 0 Å². The van der Waals surface area contributed by atoms with Gasteiger partial charge in [0.1, 0.15) is 5.78 Å². The summed E-state index contributed by atoms with van der Waals surface area (Å²) in [6, 6.07) is 10.4. The molecule has 92 valence electrons. The van der Waals surface area contributed by atoms with E-state index < -0.39 is 0 Å². The summed E-state index contributed by atoms with van der Waals surface area (Å²) in [6.45, 7) is 4.37. The lowest BCUT2D eigenvalue weighted by molar-refractivity contribution is -0.117. The highest BCUT2D eigenvalue weighted by Crippen LogP contribution is 2.48. The van der Waals surface area contributed by atoms with Crippen LogP contribution in [-0.4, -0.2) is 16.8 Å². The standard InChI is InChI=1S/C15H20OS/c1-3-11(2)17-10-15(16)14-9-13(14)12-7-5-4-6-8-12/h4-8,11,13-14H,3,9-10H2,1-2H3. The van der Waals surface area contributed by atoms with Crippen LogP contribution in [0.25, 0.3) is 0 Å². The molecule has 0 heterocycles. The molecule has 0 aromatic heterocycles. The van der Waals surface area contributed by atoms with E-state index >= 15 is 0 Å². The van der Waals surface area contributed by atoms with E-state index in [1.807, 2.05) is 6.07 Å². The molecule has 1 aromatic carbocycles. The predicted octanol–water partition coefficient (Wildman–Crippen LogP) is 3.89. The van der Waals surface area contributed by atoms with Gasteiger partial charge in [0, 0.05) is 11.2 Å². The van der Waals surface area contributed by atoms with E-state index in [1.54, 1.807) is 11.8 Å². The zero-order valence-corrected chi connectivity index (χ0v) is 11.4. The summed E-state index contributed by atoms with van der Waals surface area (Å²) in [5, 5.41) is 0.605. The lowest BCUT2D eigenvalue weighted by Gasteiger charge is -2.06. The Bertz CT molecular complexity index is 374. The summed E-state index contributed by atoms with van der Waals surface area (Å²) in [5.74, 6) is 1.95. The third-order valence-corrected chi connectivity index (χ3v) is 4.87. The van der Waals surface area contributed by atoms with E-state index in [2.05, 4.69) is 38.1 Å². The van der Waals surface area contributed by atoms with Gasteiger partial charge in [0.15, 0.2) is 0 Å². The van der Waals surface area contributed by atoms with Crippen LogP contribution in [0.4, 0.5) is 0 Å². The van der Waals surface area contributed by atoms with Crippen LogP contribution in [-0.2, 0) is 4.79 Å². The van der Waals surface area contributed by atoms with Crippen molar-refractivity contribution in [2.24, 2.45) is 5.92 Å². The van der Waals surface area contributed by atoms with Crippen LogP contribution < -0.4 is 0 Å². The minimum Gasteiger partial charge on any atom is -0.298 e. The van der Waals surface area contributed by atoms with E-state index in [0.29, 0.717) is 28.6 Å². The second kappa shape index (κ2) is 5.72. The molecule has 2 rings (SSSR count). The average Bonchev–Trinajstić information content (AvgIpc) is 3.17. The molecule has 0 amide bonds. The Hall–Kier alpha value is -0.760. The molecule has 1 aliphatic carbocycles. The smallest absolute Gasteiger partial charge is 0.146 e. The number of ketones is 1. The first-order chi connectivity index (χ1) is 8.22. The first-order valence-corrected chi connectivity index (χ1v) is 7.46. The van der Waals surface area contributed by atoms with E-state index in [1.165, 1.54) is 5.56 Å². The average molecular weight is 248 g/mol. The predicted molar refractivity (Wildman–Crippen MR) is 74.5 cm³/mol. The number of carbonyl (C=O) groups is 1. The quantitative estimate of drug-likeness (QED) is 0.759. The van der Waals surface area contributed by atoms with Gasteiger partial charge in [-0.1, -0.05) is 44.2 Å². The summed E-state index contributed by atoms with van der Waals surface area (Å²) in [7, 11) is 0. The number of Topliss-reactive ketones (excluding diaryl/α,β-unsaturated/α-hetero) is 1. The van der Waals surface area contributed by atoms with Crippen LogP contribution in [0.15, 0.2) is 30.3 Å². The summed E-state index contributed by atoms with van der Waals surface area (Å²) in [5.41, 5.74) is 1.33. The van der Waals surface area contributed by atoms with Gasteiger partial charge in [0.2, 0.25) is 0 Å². The van der Waals surface area contributed by atoms with Gasteiger partial charge in [0.25, 0.3) is 0 Å². The Labute approximate surface area is 108 Å².